The molecule has 0 bridgehead atoms. The summed E-state index contributed by atoms with van der Waals surface area (Å²) < 4.78 is 5.63. The van der Waals surface area contributed by atoms with Crippen LogP contribution >= 0.6 is 0 Å². The lowest BCUT2D eigenvalue weighted by atomic mass is 10.2. The summed E-state index contributed by atoms with van der Waals surface area (Å²) in [5.74, 6) is 1.50. The minimum absolute atomic E-state index is 0.563. The number of benzene rings is 1. The highest BCUT2D eigenvalue weighted by Crippen LogP contribution is 2.16. The van der Waals surface area contributed by atoms with Crippen molar-refractivity contribution in [1.29, 1.82) is 0 Å². The van der Waals surface area contributed by atoms with Crippen molar-refractivity contribution in [3.8, 4) is 5.75 Å². The Morgan fingerprint density at radius 3 is 2.35 bits per heavy atom. The van der Waals surface area contributed by atoms with Crippen LogP contribution in [0, 0.1) is 5.92 Å². The fourth-order valence-electron chi connectivity index (χ4n) is 1.36. The van der Waals surface area contributed by atoms with E-state index in [4.69, 9.17) is 4.74 Å². The van der Waals surface area contributed by atoms with E-state index in [0.717, 1.165) is 31.1 Å². The average molecular weight is 236 g/mol. The number of nitrogens with zero attached hydrogens (tertiary/aromatic N) is 1. The van der Waals surface area contributed by atoms with Crippen molar-refractivity contribution in [3.05, 3.63) is 24.3 Å². The van der Waals surface area contributed by atoms with Crippen LogP contribution in [0.2, 0.25) is 0 Å². The van der Waals surface area contributed by atoms with Crippen molar-refractivity contribution < 1.29 is 4.74 Å². The molecule has 96 valence electrons. The Bertz CT molecular complexity index is 307. The minimum atomic E-state index is 0.563. The molecule has 0 aliphatic heterocycles. The lowest BCUT2D eigenvalue weighted by Gasteiger charge is -2.12. The van der Waals surface area contributed by atoms with Gasteiger partial charge in [0, 0.05) is 18.8 Å². The van der Waals surface area contributed by atoms with Crippen LogP contribution in [0.15, 0.2) is 24.3 Å². The quantitative estimate of drug-likeness (QED) is 0.787. The van der Waals surface area contributed by atoms with Gasteiger partial charge in [-0.05, 0) is 44.3 Å². The molecule has 1 N–H and O–H groups in total. The van der Waals surface area contributed by atoms with Crippen LogP contribution in [-0.2, 0) is 0 Å². The van der Waals surface area contributed by atoms with Crippen LogP contribution in [0.4, 0.5) is 5.69 Å². The lowest BCUT2D eigenvalue weighted by Crippen LogP contribution is -2.20. The molecule has 17 heavy (non-hydrogen) atoms. The third-order valence-electron chi connectivity index (χ3n) is 2.33. The summed E-state index contributed by atoms with van der Waals surface area (Å²) in [6, 6.07) is 8.15. The zero-order valence-corrected chi connectivity index (χ0v) is 11.4. The molecule has 3 nitrogen and oxygen atoms in total. The average Bonchev–Trinajstić information content (AvgIpc) is 2.27. The third kappa shape index (κ3) is 6.17. The summed E-state index contributed by atoms with van der Waals surface area (Å²) in [6.07, 6.45) is 0. The summed E-state index contributed by atoms with van der Waals surface area (Å²) in [5, 5.41) is 3.37. The van der Waals surface area contributed by atoms with Crippen molar-refractivity contribution in [2.45, 2.75) is 13.8 Å². The molecule has 0 spiro atoms. The second kappa shape index (κ2) is 7.17. The van der Waals surface area contributed by atoms with Crippen molar-refractivity contribution in [2.75, 3.05) is 39.1 Å². The van der Waals surface area contributed by atoms with Crippen LogP contribution in [-0.4, -0.2) is 38.7 Å². The first kappa shape index (κ1) is 13.8. The maximum Gasteiger partial charge on any atom is 0.119 e. The minimum Gasteiger partial charge on any atom is -0.493 e. The summed E-state index contributed by atoms with van der Waals surface area (Å²) in [7, 11) is 4.15. The summed E-state index contributed by atoms with van der Waals surface area (Å²) in [5.41, 5.74) is 1.14. The first-order chi connectivity index (χ1) is 8.08. The third-order valence-corrected chi connectivity index (χ3v) is 2.33. The molecule has 0 fully saturated rings. The largest absolute Gasteiger partial charge is 0.493 e. The summed E-state index contributed by atoms with van der Waals surface area (Å²) in [4.78, 5) is 2.16. The highest BCUT2D eigenvalue weighted by atomic mass is 16.5. The van der Waals surface area contributed by atoms with Crippen molar-refractivity contribution >= 4 is 5.69 Å². The van der Waals surface area contributed by atoms with Gasteiger partial charge in [0.25, 0.3) is 0 Å². The van der Waals surface area contributed by atoms with Crippen LogP contribution < -0.4 is 10.1 Å². The van der Waals surface area contributed by atoms with Gasteiger partial charge in [0.05, 0.1) is 6.61 Å². The Morgan fingerprint density at radius 1 is 1.18 bits per heavy atom. The molecule has 0 saturated carbocycles. The smallest absolute Gasteiger partial charge is 0.119 e. The maximum absolute atomic E-state index is 5.63. The number of hydrogen-bond acceptors (Lipinski definition) is 3. The summed E-state index contributed by atoms with van der Waals surface area (Å²) in [6.45, 7) is 7.06. The van der Waals surface area contributed by atoms with E-state index in [1.54, 1.807) is 0 Å². The maximum atomic E-state index is 5.63. The molecular weight excluding hydrogens is 212 g/mol. The molecule has 0 heterocycles. The molecule has 0 amide bonds. The number of anilines is 1. The second-order valence-electron chi connectivity index (χ2n) is 4.96. The number of rotatable bonds is 7. The second-order valence-corrected chi connectivity index (χ2v) is 4.96. The molecule has 0 radical (unpaired) electrons. The van der Waals surface area contributed by atoms with Gasteiger partial charge in [0.1, 0.15) is 5.75 Å². The van der Waals surface area contributed by atoms with E-state index in [1.807, 2.05) is 12.1 Å². The van der Waals surface area contributed by atoms with Gasteiger partial charge in [-0.3, -0.25) is 0 Å². The molecule has 0 aromatic heterocycles. The van der Waals surface area contributed by atoms with Gasteiger partial charge < -0.3 is 15.0 Å². The normalized spacial score (nSPS) is 10.9. The van der Waals surface area contributed by atoms with Crippen molar-refractivity contribution in [3.63, 3.8) is 0 Å². The fourth-order valence-corrected chi connectivity index (χ4v) is 1.36. The number of hydrogen-bond donors (Lipinski definition) is 1. The van der Waals surface area contributed by atoms with Crippen LogP contribution in [0.1, 0.15) is 13.8 Å². The van der Waals surface area contributed by atoms with Gasteiger partial charge in [-0.2, -0.15) is 0 Å². The SMILES string of the molecule is CC(C)COc1ccc(NCCN(C)C)cc1. The Kier molecular flexibility index (Phi) is 5.84. The molecule has 0 unspecified atom stereocenters. The topological polar surface area (TPSA) is 24.5 Å². The van der Waals surface area contributed by atoms with Gasteiger partial charge in [0.2, 0.25) is 0 Å². The predicted molar refractivity (Wildman–Crippen MR) is 73.8 cm³/mol. The van der Waals surface area contributed by atoms with Gasteiger partial charge in [-0.25, -0.2) is 0 Å². The van der Waals surface area contributed by atoms with Gasteiger partial charge in [-0.15, -0.1) is 0 Å². The standard InChI is InChI=1S/C14H24N2O/c1-12(2)11-17-14-7-5-13(6-8-14)15-9-10-16(3)4/h5-8,12,15H,9-11H2,1-4H3. The Hall–Kier alpha value is -1.22. The Labute approximate surface area is 105 Å². The zero-order chi connectivity index (χ0) is 12.7. The monoisotopic (exact) mass is 236 g/mol. The zero-order valence-electron chi connectivity index (χ0n) is 11.4. The van der Waals surface area contributed by atoms with Gasteiger partial charge >= 0.3 is 0 Å². The summed E-state index contributed by atoms with van der Waals surface area (Å²) >= 11 is 0. The molecule has 0 aliphatic rings. The number of likely N-dealkylation sites (N-methyl/N-ethyl adjacent to an activating group) is 1. The van der Waals surface area contributed by atoms with E-state index in [1.165, 1.54) is 0 Å². The van der Waals surface area contributed by atoms with Crippen LogP contribution in [0.25, 0.3) is 0 Å². The molecule has 1 aromatic rings. The molecular formula is C14H24N2O. The van der Waals surface area contributed by atoms with Gasteiger partial charge in [-0.1, -0.05) is 13.8 Å². The van der Waals surface area contributed by atoms with Crippen LogP contribution in [0.5, 0.6) is 5.75 Å². The Balaban J connectivity index is 2.34. The lowest BCUT2D eigenvalue weighted by molar-refractivity contribution is 0.271. The van der Waals surface area contributed by atoms with Crippen LogP contribution in [0.3, 0.4) is 0 Å². The van der Waals surface area contributed by atoms with E-state index in [0.29, 0.717) is 5.92 Å². The fraction of sp³-hybridized carbons (Fsp3) is 0.571. The van der Waals surface area contributed by atoms with E-state index in [2.05, 4.69) is 50.3 Å². The van der Waals surface area contributed by atoms with E-state index in [-0.39, 0.29) is 0 Å². The Morgan fingerprint density at radius 2 is 1.82 bits per heavy atom. The number of nitrogens with one attached hydrogen (secondary N) is 1. The van der Waals surface area contributed by atoms with Gasteiger partial charge in [0.15, 0.2) is 0 Å². The van der Waals surface area contributed by atoms with E-state index in [9.17, 15) is 0 Å². The molecule has 0 aliphatic carbocycles. The van der Waals surface area contributed by atoms with Crippen molar-refractivity contribution in [1.82, 2.24) is 4.90 Å². The number of ether oxygens (including phenoxy) is 1. The van der Waals surface area contributed by atoms with E-state index < -0.39 is 0 Å². The van der Waals surface area contributed by atoms with E-state index >= 15 is 0 Å². The van der Waals surface area contributed by atoms with Crippen molar-refractivity contribution in [2.24, 2.45) is 5.92 Å². The molecule has 1 aromatic carbocycles. The molecule has 0 saturated heterocycles. The highest BCUT2D eigenvalue weighted by molar-refractivity contribution is 5.46. The first-order valence-electron chi connectivity index (χ1n) is 6.19. The highest BCUT2D eigenvalue weighted by Gasteiger charge is 1.97. The molecule has 1 rings (SSSR count). The molecule has 3 heteroatoms. The first-order valence-corrected chi connectivity index (χ1v) is 6.19. The molecule has 0 atom stereocenters. The predicted octanol–water partition coefficient (Wildman–Crippen LogP) is 2.69.